The van der Waals surface area contributed by atoms with E-state index in [4.69, 9.17) is 5.73 Å². The van der Waals surface area contributed by atoms with Gasteiger partial charge in [0.1, 0.15) is 0 Å². The maximum Gasteiger partial charge on any atom is 0.250 e. The van der Waals surface area contributed by atoms with Gasteiger partial charge in [0.25, 0.3) is 0 Å². The second kappa shape index (κ2) is 2.96. The molecule has 0 aromatic carbocycles. The highest BCUT2D eigenvalue weighted by atomic mass is 16.1. The van der Waals surface area contributed by atoms with Gasteiger partial charge in [-0.15, -0.1) is 0 Å². The van der Waals surface area contributed by atoms with Crippen LogP contribution < -0.4 is 5.73 Å². The van der Waals surface area contributed by atoms with Crippen LogP contribution in [0.15, 0.2) is 31.0 Å². The molecule has 1 amide bonds. The van der Waals surface area contributed by atoms with E-state index in [-0.39, 0.29) is 5.57 Å². The van der Waals surface area contributed by atoms with E-state index in [1.54, 1.807) is 24.4 Å². The highest BCUT2D eigenvalue weighted by Gasteiger charge is 2.03. The highest BCUT2D eigenvalue weighted by molar-refractivity contribution is 6.17. The fourth-order valence-corrected chi connectivity index (χ4v) is 0.667. The van der Waals surface area contributed by atoms with Crippen molar-refractivity contribution in [3.8, 4) is 0 Å². The number of nitrogens with zero attached hydrogens (tertiary/aromatic N) is 1. The van der Waals surface area contributed by atoms with Gasteiger partial charge in [0, 0.05) is 6.20 Å². The van der Waals surface area contributed by atoms with Gasteiger partial charge in [-0.1, -0.05) is 12.6 Å². The smallest absolute Gasteiger partial charge is 0.250 e. The minimum Gasteiger partial charge on any atom is -0.366 e. The van der Waals surface area contributed by atoms with Crippen LogP contribution in [-0.2, 0) is 4.79 Å². The van der Waals surface area contributed by atoms with Crippen molar-refractivity contribution in [2.45, 2.75) is 0 Å². The Kier molecular flexibility index (Phi) is 2.01. The number of hydrogen-bond acceptors (Lipinski definition) is 2. The summed E-state index contributed by atoms with van der Waals surface area (Å²) in [6.07, 6.45) is 1.59. The van der Waals surface area contributed by atoms with E-state index in [1.807, 2.05) is 0 Å². The van der Waals surface area contributed by atoms with Crippen LogP contribution in [0.1, 0.15) is 5.69 Å². The zero-order valence-electron chi connectivity index (χ0n) is 5.95. The van der Waals surface area contributed by atoms with Gasteiger partial charge in [0.2, 0.25) is 5.91 Å². The van der Waals surface area contributed by atoms with Crippen molar-refractivity contribution in [1.82, 2.24) is 4.98 Å². The number of aromatic nitrogens is 1. The van der Waals surface area contributed by atoms with Crippen molar-refractivity contribution in [1.29, 1.82) is 0 Å². The van der Waals surface area contributed by atoms with E-state index in [1.165, 1.54) is 0 Å². The van der Waals surface area contributed by atoms with Crippen molar-refractivity contribution >= 4 is 11.5 Å². The minimum atomic E-state index is -0.538. The van der Waals surface area contributed by atoms with Crippen molar-refractivity contribution in [2.24, 2.45) is 5.73 Å². The summed E-state index contributed by atoms with van der Waals surface area (Å²) in [4.78, 5) is 14.5. The summed E-state index contributed by atoms with van der Waals surface area (Å²) in [5.41, 5.74) is 5.76. The summed E-state index contributed by atoms with van der Waals surface area (Å²) in [5.74, 6) is -0.538. The van der Waals surface area contributed by atoms with E-state index in [0.29, 0.717) is 5.69 Å². The molecule has 3 nitrogen and oxygen atoms in total. The van der Waals surface area contributed by atoms with Crippen LogP contribution in [0.25, 0.3) is 5.57 Å². The van der Waals surface area contributed by atoms with Crippen LogP contribution in [0, 0.1) is 0 Å². The van der Waals surface area contributed by atoms with Crippen LogP contribution in [0.3, 0.4) is 0 Å². The molecule has 11 heavy (non-hydrogen) atoms. The molecular weight excluding hydrogens is 140 g/mol. The molecule has 0 fully saturated rings. The molecular formula is C8H8N2O. The molecule has 0 atom stereocenters. The van der Waals surface area contributed by atoms with Gasteiger partial charge >= 0.3 is 0 Å². The molecule has 0 aliphatic heterocycles. The van der Waals surface area contributed by atoms with E-state index in [9.17, 15) is 4.79 Å². The number of pyridine rings is 1. The fourth-order valence-electron chi connectivity index (χ4n) is 0.667. The first-order valence-corrected chi connectivity index (χ1v) is 3.12. The number of amides is 1. The Morgan fingerprint density at radius 2 is 2.27 bits per heavy atom. The third-order valence-electron chi connectivity index (χ3n) is 1.27. The zero-order chi connectivity index (χ0) is 8.27. The number of rotatable bonds is 2. The average Bonchev–Trinajstić information content (AvgIpc) is 2.05. The van der Waals surface area contributed by atoms with Crippen LogP contribution in [0.2, 0.25) is 0 Å². The fraction of sp³-hybridized carbons (Fsp3) is 0. The molecule has 56 valence electrons. The Hall–Kier alpha value is -1.64. The first kappa shape index (κ1) is 7.47. The van der Waals surface area contributed by atoms with Gasteiger partial charge in [0.15, 0.2) is 0 Å². The van der Waals surface area contributed by atoms with Crippen LogP contribution in [-0.4, -0.2) is 10.9 Å². The van der Waals surface area contributed by atoms with Gasteiger partial charge in [-0.05, 0) is 12.1 Å². The molecule has 1 aromatic rings. The lowest BCUT2D eigenvalue weighted by atomic mass is 10.2. The summed E-state index contributed by atoms with van der Waals surface area (Å²) in [6.45, 7) is 3.49. The Bertz CT molecular complexity index is 279. The van der Waals surface area contributed by atoms with Crippen molar-refractivity contribution in [2.75, 3.05) is 0 Å². The molecule has 3 heteroatoms. The SMILES string of the molecule is C=C(C(N)=O)c1ccccn1. The first-order chi connectivity index (χ1) is 5.22. The highest BCUT2D eigenvalue weighted by Crippen LogP contribution is 2.05. The van der Waals surface area contributed by atoms with Crippen molar-refractivity contribution < 1.29 is 4.79 Å². The Balaban J connectivity index is 2.95. The standard InChI is InChI=1S/C8H8N2O/c1-6(8(9)11)7-4-2-3-5-10-7/h2-5H,1H2,(H2,9,11). The molecule has 0 bridgehead atoms. The minimum absolute atomic E-state index is 0.241. The lowest BCUT2D eigenvalue weighted by molar-refractivity contribution is -0.112. The molecule has 0 radical (unpaired) electrons. The molecule has 0 aliphatic carbocycles. The summed E-state index contributed by atoms with van der Waals surface area (Å²) in [5, 5.41) is 0. The largest absolute Gasteiger partial charge is 0.366 e. The van der Waals surface area contributed by atoms with Gasteiger partial charge in [0.05, 0.1) is 11.3 Å². The van der Waals surface area contributed by atoms with Crippen LogP contribution in [0.5, 0.6) is 0 Å². The number of carbonyl (C=O) groups excluding carboxylic acids is 1. The lowest BCUT2D eigenvalue weighted by Crippen LogP contribution is -2.12. The van der Waals surface area contributed by atoms with Gasteiger partial charge < -0.3 is 5.73 Å². The average molecular weight is 148 g/mol. The summed E-state index contributed by atoms with van der Waals surface area (Å²) >= 11 is 0. The maximum absolute atomic E-state index is 10.6. The maximum atomic E-state index is 10.6. The van der Waals surface area contributed by atoms with Gasteiger partial charge in [-0.25, -0.2) is 0 Å². The molecule has 1 aromatic heterocycles. The molecule has 1 heterocycles. The zero-order valence-corrected chi connectivity index (χ0v) is 5.95. The molecule has 0 unspecified atom stereocenters. The Labute approximate surface area is 64.6 Å². The summed E-state index contributed by atoms with van der Waals surface area (Å²) in [7, 11) is 0. The molecule has 0 saturated carbocycles. The Morgan fingerprint density at radius 3 is 2.73 bits per heavy atom. The number of carbonyl (C=O) groups is 1. The van der Waals surface area contributed by atoms with E-state index < -0.39 is 5.91 Å². The van der Waals surface area contributed by atoms with Gasteiger partial charge in [-0.2, -0.15) is 0 Å². The predicted octanol–water partition coefficient (Wildman–Crippen LogP) is 0.580. The predicted molar refractivity (Wildman–Crippen MR) is 42.5 cm³/mol. The normalized spacial score (nSPS) is 9.09. The van der Waals surface area contributed by atoms with Crippen molar-refractivity contribution in [3.05, 3.63) is 36.7 Å². The molecule has 0 aliphatic rings. The topological polar surface area (TPSA) is 56.0 Å². The molecule has 1 rings (SSSR count). The number of nitrogens with two attached hydrogens (primary N) is 1. The molecule has 0 saturated heterocycles. The van der Waals surface area contributed by atoms with Crippen LogP contribution in [0.4, 0.5) is 0 Å². The number of primary amides is 1. The van der Waals surface area contributed by atoms with E-state index in [0.717, 1.165) is 0 Å². The second-order valence-corrected chi connectivity index (χ2v) is 2.06. The monoisotopic (exact) mass is 148 g/mol. The second-order valence-electron chi connectivity index (χ2n) is 2.06. The first-order valence-electron chi connectivity index (χ1n) is 3.12. The summed E-state index contributed by atoms with van der Waals surface area (Å²) < 4.78 is 0. The lowest BCUT2D eigenvalue weighted by Gasteiger charge is -1.97. The van der Waals surface area contributed by atoms with Crippen LogP contribution >= 0.6 is 0 Å². The van der Waals surface area contributed by atoms with E-state index >= 15 is 0 Å². The third-order valence-corrected chi connectivity index (χ3v) is 1.27. The Morgan fingerprint density at radius 1 is 1.55 bits per heavy atom. The quantitative estimate of drug-likeness (QED) is 0.624. The summed E-state index contributed by atoms with van der Waals surface area (Å²) in [6, 6.07) is 5.22. The molecule has 2 N–H and O–H groups in total. The van der Waals surface area contributed by atoms with Crippen molar-refractivity contribution in [3.63, 3.8) is 0 Å². The number of hydrogen-bond donors (Lipinski definition) is 1. The van der Waals surface area contributed by atoms with E-state index in [2.05, 4.69) is 11.6 Å². The van der Waals surface area contributed by atoms with Gasteiger partial charge in [-0.3, -0.25) is 9.78 Å². The third kappa shape index (κ3) is 1.64. The molecule has 0 spiro atoms.